The first-order chi connectivity index (χ1) is 11.5. The van der Waals surface area contributed by atoms with E-state index in [2.05, 4.69) is 13.8 Å². The zero-order valence-electron chi connectivity index (χ0n) is 13.3. The average molecular weight is 359 g/mol. The third-order valence-electron chi connectivity index (χ3n) is 4.69. The maximum atomic E-state index is 11.9. The number of phenols is 1. The van der Waals surface area contributed by atoms with Crippen LogP contribution in [0.4, 0.5) is 0 Å². The number of rotatable bonds is 1. The highest BCUT2D eigenvalue weighted by atomic mass is 35.5. The lowest BCUT2D eigenvalue weighted by molar-refractivity contribution is 0.469. The summed E-state index contributed by atoms with van der Waals surface area (Å²) in [6, 6.07) is 7.30. The lowest BCUT2D eigenvalue weighted by atomic mass is 9.84. The molecule has 2 aromatic carbocycles. The summed E-state index contributed by atoms with van der Waals surface area (Å²) in [5, 5.41) is 11.6. The number of hydrogen-bond acceptors (Lipinski definition) is 4. The first-order valence-electron chi connectivity index (χ1n) is 7.67. The van der Waals surface area contributed by atoms with Gasteiger partial charge < -0.3 is 9.52 Å². The zero-order valence-corrected chi connectivity index (χ0v) is 14.8. The van der Waals surface area contributed by atoms with Crippen LogP contribution >= 0.6 is 22.9 Å². The number of phenolic OH excluding ortho intramolecular Hbond substituents is 1. The monoisotopic (exact) mass is 358 g/mol. The Labute approximate surface area is 147 Å². The van der Waals surface area contributed by atoms with Crippen molar-refractivity contribution in [3.05, 3.63) is 61.3 Å². The fraction of sp³-hybridized carbons (Fsp3) is 0.211. The second-order valence-corrected chi connectivity index (χ2v) is 7.60. The lowest BCUT2D eigenvalue weighted by Crippen LogP contribution is -2.07. The second kappa shape index (κ2) is 5.50. The van der Waals surface area contributed by atoms with E-state index in [9.17, 15) is 9.90 Å². The SMILES string of the molecule is CC1=C(C)Cc2c(c(O)c(-c3cccc(Cl)c3)c3sc(=O)oc23)C1. The molecule has 1 aliphatic carbocycles. The van der Waals surface area contributed by atoms with Crippen LogP contribution in [0.5, 0.6) is 5.75 Å². The van der Waals surface area contributed by atoms with Gasteiger partial charge in [-0.1, -0.05) is 46.2 Å². The van der Waals surface area contributed by atoms with E-state index in [0.717, 1.165) is 28.0 Å². The fourth-order valence-electron chi connectivity index (χ4n) is 3.30. The van der Waals surface area contributed by atoms with Gasteiger partial charge in [-0.25, -0.2) is 4.79 Å². The number of halogens is 1. The summed E-state index contributed by atoms with van der Waals surface area (Å²) >= 11 is 7.15. The van der Waals surface area contributed by atoms with Crippen molar-refractivity contribution in [3.8, 4) is 16.9 Å². The van der Waals surface area contributed by atoms with Crippen LogP contribution in [0.3, 0.4) is 0 Å². The Kier molecular flexibility index (Phi) is 3.55. The number of hydrogen-bond donors (Lipinski definition) is 1. The van der Waals surface area contributed by atoms with Gasteiger partial charge in [-0.2, -0.15) is 0 Å². The van der Waals surface area contributed by atoms with Crippen molar-refractivity contribution in [3.63, 3.8) is 0 Å². The normalized spacial score (nSPS) is 14.3. The van der Waals surface area contributed by atoms with Crippen LogP contribution in [-0.4, -0.2) is 5.11 Å². The number of benzene rings is 2. The van der Waals surface area contributed by atoms with Crippen LogP contribution in [0.2, 0.25) is 5.02 Å². The van der Waals surface area contributed by atoms with Gasteiger partial charge in [0.25, 0.3) is 0 Å². The van der Waals surface area contributed by atoms with E-state index in [1.807, 2.05) is 12.1 Å². The number of fused-ring (bicyclic) bond motifs is 3. The molecule has 1 heterocycles. The van der Waals surface area contributed by atoms with Crippen molar-refractivity contribution in [2.24, 2.45) is 0 Å². The van der Waals surface area contributed by atoms with E-state index in [-0.39, 0.29) is 10.7 Å². The van der Waals surface area contributed by atoms with E-state index in [4.69, 9.17) is 16.0 Å². The molecule has 3 nitrogen and oxygen atoms in total. The third-order valence-corrected chi connectivity index (χ3v) is 5.77. The molecule has 4 rings (SSSR count). The van der Waals surface area contributed by atoms with Crippen molar-refractivity contribution >= 4 is 33.2 Å². The summed E-state index contributed by atoms with van der Waals surface area (Å²) in [5.41, 5.74) is 6.29. The van der Waals surface area contributed by atoms with E-state index in [0.29, 0.717) is 33.7 Å². The minimum absolute atomic E-state index is 0.226. The molecule has 1 aromatic heterocycles. The van der Waals surface area contributed by atoms with Crippen LogP contribution < -0.4 is 4.94 Å². The molecule has 0 saturated heterocycles. The smallest absolute Gasteiger partial charge is 0.396 e. The Morgan fingerprint density at radius 2 is 1.88 bits per heavy atom. The Balaban J connectivity index is 2.12. The molecule has 5 heteroatoms. The van der Waals surface area contributed by atoms with Crippen LogP contribution in [0.25, 0.3) is 21.4 Å². The highest BCUT2D eigenvalue weighted by molar-refractivity contribution is 7.16. The zero-order chi connectivity index (χ0) is 17.0. The molecule has 0 bridgehead atoms. The van der Waals surface area contributed by atoms with Gasteiger partial charge >= 0.3 is 4.94 Å². The molecule has 1 aliphatic rings. The molecule has 24 heavy (non-hydrogen) atoms. The molecule has 0 unspecified atom stereocenters. The van der Waals surface area contributed by atoms with Crippen LogP contribution in [0.15, 0.2) is 44.6 Å². The third kappa shape index (κ3) is 2.29. The van der Waals surface area contributed by atoms with Crippen molar-refractivity contribution in [2.45, 2.75) is 26.7 Å². The summed E-state index contributed by atoms with van der Waals surface area (Å²) in [4.78, 5) is 11.6. The van der Waals surface area contributed by atoms with Crippen molar-refractivity contribution in [2.75, 3.05) is 0 Å². The molecule has 0 saturated carbocycles. The molecule has 0 radical (unpaired) electrons. The Morgan fingerprint density at radius 3 is 2.58 bits per heavy atom. The van der Waals surface area contributed by atoms with Gasteiger partial charge in [0.2, 0.25) is 0 Å². The highest BCUT2D eigenvalue weighted by Gasteiger charge is 2.26. The van der Waals surface area contributed by atoms with E-state index < -0.39 is 0 Å². The molecule has 0 fully saturated rings. The van der Waals surface area contributed by atoms with Gasteiger partial charge in [-0.05, 0) is 44.4 Å². The largest absolute Gasteiger partial charge is 0.507 e. The molecule has 0 atom stereocenters. The quantitative estimate of drug-likeness (QED) is 0.599. The first kappa shape index (κ1) is 15.5. The molecule has 1 N–H and O–H groups in total. The minimum atomic E-state index is -0.356. The van der Waals surface area contributed by atoms with E-state index in [1.165, 1.54) is 11.1 Å². The summed E-state index contributed by atoms with van der Waals surface area (Å²) in [6.07, 6.45) is 1.36. The van der Waals surface area contributed by atoms with Crippen LogP contribution in [0.1, 0.15) is 25.0 Å². The molecule has 122 valence electrons. The van der Waals surface area contributed by atoms with Crippen LogP contribution in [-0.2, 0) is 12.8 Å². The van der Waals surface area contributed by atoms with Gasteiger partial charge in [0.15, 0.2) is 5.58 Å². The molecule has 0 amide bonds. The summed E-state index contributed by atoms with van der Waals surface area (Å²) in [7, 11) is 0. The van der Waals surface area contributed by atoms with Gasteiger partial charge in [0, 0.05) is 21.7 Å². The summed E-state index contributed by atoms with van der Waals surface area (Å²) < 4.78 is 6.18. The Morgan fingerprint density at radius 1 is 1.17 bits per heavy atom. The van der Waals surface area contributed by atoms with E-state index in [1.54, 1.807) is 12.1 Å². The Bertz CT molecular complexity index is 1070. The van der Waals surface area contributed by atoms with Crippen molar-refractivity contribution < 1.29 is 9.52 Å². The van der Waals surface area contributed by atoms with Gasteiger partial charge in [0.1, 0.15) is 5.75 Å². The fourth-order valence-corrected chi connectivity index (χ4v) is 4.36. The minimum Gasteiger partial charge on any atom is -0.507 e. The molecular formula is C19H15ClO3S. The molecule has 0 spiro atoms. The molecule has 0 aliphatic heterocycles. The van der Waals surface area contributed by atoms with Gasteiger partial charge in [-0.3, -0.25) is 0 Å². The molecule has 3 aromatic rings. The molecular weight excluding hydrogens is 344 g/mol. The van der Waals surface area contributed by atoms with Gasteiger partial charge in [-0.15, -0.1) is 0 Å². The Hall–Kier alpha value is -2.04. The number of allylic oxidation sites excluding steroid dienone is 2. The summed E-state index contributed by atoms with van der Waals surface area (Å²) in [5.74, 6) is 0.226. The van der Waals surface area contributed by atoms with Crippen molar-refractivity contribution in [1.29, 1.82) is 0 Å². The van der Waals surface area contributed by atoms with Crippen LogP contribution in [0, 0.1) is 0 Å². The van der Waals surface area contributed by atoms with Gasteiger partial charge in [0.05, 0.1) is 4.70 Å². The standard InChI is InChI=1S/C19H15ClO3S/c1-9-6-13-14(7-10(9)2)17-18(24-19(22)23-17)15(16(13)21)11-4-3-5-12(20)8-11/h3-5,8,21H,6-7H2,1-2H3. The summed E-state index contributed by atoms with van der Waals surface area (Å²) in [6.45, 7) is 4.15. The average Bonchev–Trinajstić information content (AvgIpc) is 2.91. The first-order valence-corrected chi connectivity index (χ1v) is 8.86. The predicted octanol–water partition coefficient (Wildman–Crippen LogP) is 5.32. The topological polar surface area (TPSA) is 50.4 Å². The van der Waals surface area contributed by atoms with E-state index >= 15 is 0 Å². The second-order valence-electron chi connectivity index (χ2n) is 6.22. The van der Waals surface area contributed by atoms with Crippen molar-refractivity contribution in [1.82, 2.24) is 0 Å². The lowest BCUT2D eigenvalue weighted by Gasteiger charge is -2.22. The maximum Gasteiger partial charge on any atom is 0.396 e. The maximum absolute atomic E-state index is 11.9. The predicted molar refractivity (Wildman–Crippen MR) is 98.3 cm³/mol. The number of aromatic hydroxyl groups is 1. The highest BCUT2D eigenvalue weighted by Crippen LogP contribution is 2.46.